The molecule has 0 radical (unpaired) electrons. The molecule has 1 aromatic heterocycles. The molecule has 7 nitrogen and oxygen atoms in total. The highest BCUT2D eigenvalue weighted by Gasteiger charge is 2.28. The number of amides is 1. The summed E-state index contributed by atoms with van der Waals surface area (Å²) in [5.41, 5.74) is 0.925. The van der Waals surface area contributed by atoms with Crippen molar-refractivity contribution in [3.63, 3.8) is 0 Å². The Morgan fingerprint density at radius 1 is 1.10 bits per heavy atom. The van der Waals surface area contributed by atoms with Crippen LogP contribution in [0.3, 0.4) is 0 Å². The predicted molar refractivity (Wildman–Crippen MR) is 113 cm³/mol. The number of hydrogen-bond donors (Lipinski definition) is 0. The molecule has 1 atom stereocenters. The van der Waals surface area contributed by atoms with E-state index in [4.69, 9.17) is 20.9 Å². The molecule has 8 heteroatoms. The van der Waals surface area contributed by atoms with Gasteiger partial charge in [-0.2, -0.15) is 4.98 Å². The number of nitrogens with zero attached hydrogens (tertiary/aromatic N) is 4. The van der Waals surface area contributed by atoms with Crippen LogP contribution in [-0.2, 0) is 4.79 Å². The number of benzene rings is 2. The lowest BCUT2D eigenvalue weighted by atomic mass is 10.2. The van der Waals surface area contributed by atoms with Crippen molar-refractivity contribution in [1.82, 2.24) is 19.9 Å². The third-order valence-corrected chi connectivity index (χ3v) is 5.55. The summed E-state index contributed by atoms with van der Waals surface area (Å²) < 4.78 is 11.1. The van der Waals surface area contributed by atoms with E-state index in [1.165, 1.54) is 0 Å². The molecule has 1 unspecified atom stereocenters. The van der Waals surface area contributed by atoms with Crippen LogP contribution in [0.15, 0.2) is 59.1 Å². The molecule has 2 aromatic carbocycles. The molecular weight excluding hydrogens is 404 g/mol. The first kappa shape index (κ1) is 20.4. The quantitative estimate of drug-likeness (QED) is 0.598. The van der Waals surface area contributed by atoms with Crippen LogP contribution in [0.25, 0.3) is 11.4 Å². The van der Waals surface area contributed by atoms with Crippen molar-refractivity contribution >= 4 is 17.5 Å². The highest BCUT2D eigenvalue weighted by atomic mass is 35.5. The smallest absolute Gasteiger partial charge is 0.260 e. The summed E-state index contributed by atoms with van der Waals surface area (Å²) >= 11 is 6.07. The second-order valence-electron chi connectivity index (χ2n) is 7.13. The molecule has 1 fully saturated rings. The number of rotatable bonds is 6. The molecule has 0 spiro atoms. The summed E-state index contributed by atoms with van der Waals surface area (Å²) in [5.74, 6) is 1.63. The first-order chi connectivity index (χ1) is 14.6. The Morgan fingerprint density at radius 3 is 2.53 bits per heavy atom. The van der Waals surface area contributed by atoms with Crippen molar-refractivity contribution in [2.24, 2.45) is 0 Å². The highest BCUT2D eigenvalue weighted by molar-refractivity contribution is 6.32. The third-order valence-electron chi connectivity index (χ3n) is 5.23. The van der Waals surface area contributed by atoms with Crippen LogP contribution in [0.5, 0.6) is 5.75 Å². The average Bonchev–Trinajstić information content (AvgIpc) is 3.29. The second kappa shape index (κ2) is 9.28. The summed E-state index contributed by atoms with van der Waals surface area (Å²) in [5, 5.41) is 4.60. The summed E-state index contributed by atoms with van der Waals surface area (Å²) in [4.78, 5) is 21.1. The van der Waals surface area contributed by atoms with Gasteiger partial charge in [0.2, 0.25) is 11.7 Å². The minimum atomic E-state index is -0.0497. The standard InChI is InChI=1S/C22H23ClN4O3/c1-16(22-24-21(25-30-22)17-7-3-2-4-8-17)26-11-13-27(14-12-26)20(28)15-29-19-10-6-5-9-18(19)23/h2-10,16H,11-15H2,1H3. The SMILES string of the molecule is CC(c1nc(-c2ccccc2)no1)N1CCN(C(=O)COc2ccccc2Cl)CC1. The number of hydrogen-bond acceptors (Lipinski definition) is 6. The molecule has 1 aliphatic rings. The monoisotopic (exact) mass is 426 g/mol. The summed E-state index contributed by atoms with van der Waals surface area (Å²) in [7, 11) is 0. The summed E-state index contributed by atoms with van der Waals surface area (Å²) in [6, 6.07) is 16.9. The number of carbonyl (C=O) groups excluding carboxylic acids is 1. The van der Waals surface area contributed by atoms with Crippen molar-refractivity contribution in [3.05, 3.63) is 65.5 Å². The molecule has 156 valence electrons. The molecular formula is C22H23ClN4O3. The van der Waals surface area contributed by atoms with E-state index < -0.39 is 0 Å². The van der Waals surface area contributed by atoms with Gasteiger partial charge < -0.3 is 14.2 Å². The minimum Gasteiger partial charge on any atom is -0.482 e. The van der Waals surface area contributed by atoms with Crippen LogP contribution >= 0.6 is 11.6 Å². The van der Waals surface area contributed by atoms with E-state index in [1.807, 2.05) is 54.3 Å². The van der Waals surface area contributed by atoms with E-state index in [2.05, 4.69) is 15.0 Å². The van der Waals surface area contributed by atoms with Gasteiger partial charge in [-0.15, -0.1) is 0 Å². The Hall–Kier alpha value is -2.90. The molecule has 0 N–H and O–H groups in total. The molecule has 3 aromatic rings. The topological polar surface area (TPSA) is 71.7 Å². The molecule has 1 saturated heterocycles. The first-order valence-electron chi connectivity index (χ1n) is 9.90. The van der Waals surface area contributed by atoms with E-state index in [-0.39, 0.29) is 18.6 Å². The number of aromatic nitrogens is 2. The molecule has 1 aliphatic heterocycles. The number of para-hydroxylation sites is 1. The Labute approximate surface area is 180 Å². The van der Waals surface area contributed by atoms with Gasteiger partial charge >= 0.3 is 0 Å². The Bertz CT molecular complexity index is 987. The number of ether oxygens (including phenoxy) is 1. The fourth-order valence-electron chi connectivity index (χ4n) is 3.42. The Balaban J connectivity index is 1.29. The average molecular weight is 427 g/mol. The van der Waals surface area contributed by atoms with Gasteiger partial charge in [0.15, 0.2) is 6.61 Å². The maximum Gasteiger partial charge on any atom is 0.260 e. The maximum absolute atomic E-state index is 12.5. The van der Waals surface area contributed by atoms with Crippen LogP contribution < -0.4 is 4.74 Å². The minimum absolute atomic E-state index is 0.0217. The van der Waals surface area contributed by atoms with Crippen molar-refractivity contribution in [2.75, 3.05) is 32.8 Å². The summed E-state index contributed by atoms with van der Waals surface area (Å²) in [6.45, 7) is 4.71. The van der Waals surface area contributed by atoms with Gasteiger partial charge in [0.25, 0.3) is 5.91 Å². The van der Waals surface area contributed by atoms with Crippen molar-refractivity contribution in [2.45, 2.75) is 13.0 Å². The van der Waals surface area contributed by atoms with Gasteiger partial charge in [0.05, 0.1) is 11.1 Å². The predicted octanol–water partition coefficient (Wildman–Crippen LogP) is 3.67. The van der Waals surface area contributed by atoms with Crippen LogP contribution in [0.4, 0.5) is 0 Å². The Morgan fingerprint density at radius 2 is 1.80 bits per heavy atom. The van der Waals surface area contributed by atoms with Gasteiger partial charge in [-0.25, -0.2) is 0 Å². The second-order valence-corrected chi connectivity index (χ2v) is 7.54. The number of carbonyl (C=O) groups is 1. The normalized spacial score (nSPS) is 15.7. The fraction of sp³-hybridized carbons (Fsp3) is 0.318. The number of piperazine rings is 1. The van der Waals surface area contributed by atoms with Gasteiger partial charge in [-0.3, -0.25) is 9.69 Å². The van der Waals surface area contributed by atoms with E-state index >= 15 is 0 Å². The largest absolute Gasteiger partial charge is 0.482 e. The van der Waals surface area contributed by atoms with Gasteiger partial charge in [0, 0.05) is 31.7 Å². The van der Waals surface area contributed by atoms with Gasteiger partial charge in [0.1, 0.15) is 5.75 Å². The van der Waals surface area contributed by atoms with Crippen molar-refractivity contribution < 1.29 is 14.1 Å². The van der Waals surface area contributed by atoms with Gasteiger partial charge in [-0.1, -0.05) is 59.2 Å². The zero-order valence-corrected chi connectivity index (χ0v) is 17.5. The lowest BCUT2D eigenvalue weighted by Crippen LogP contribution is -2.50. The van der Waals surface area contributed by atoms with Crippen LogP contribution in [0, 0.1) is 0 Å². The van der Waals surface area contributed by atoms with Crippen LogP contribution in [0.2, 0.25) is 5.02 Å². The molecule has 2 heterocycles. The molecule has 0 saturated carbocycles. The third kappa shape index (κ3) is 4.63. The zero-order chi connectivity index (χ0) is 20.9. The van der Waals surface area contributed by atoms with Crippen molar-refractivity contribution in [1.29, 1.82) is 0 Å². The van der Waals surface area contributed by atoms with E-state index in [0.717, 1.165) is 18.7 Å². The molecule has 1 amide bonds. The first-order valence-corrected chi connectivity index (χ1v) is 10.3. The molecule has 0 bridgehead atoms. The van der Waals surface area contributed by atoms with E-state index in [1.54, 1.807) is 12.1 Å². The van der Waals surface area contributed by atoms with Crippen LogP contribution in [-0.4, -0.2) is 58.6 Å². The van der Waals surface area contributed by atoms with E-state index in [0.29, 0.717) is 35.6 Å². The Kier molecular flexibility index (Phi) is 6.30. The maximum atomic E-state index is 12.5. The summed E-state index contributed by atoms with van der Waals surface area (Å²) in [6.07, 6.45) is 0. The zero-order valence-electron chi connectivity index (χ0n) is 16.7. The lowest BCUT2D eigenvalue weighted by molar-refractivity contribution is -0.135. The molecule has 30 heavy (non-hydrogen) atoms. The molecule has 0 aliphatic carbocycles. The lowest BCUT2D eigenvalue weighted by Gasteiger charge is -2.36. The highest BCUT2D eigenvalue weighted by Crippen LogP contribution is 2.24. The van der Waals surface area contributed by atoms with Crippen molar-refractivity contribution in [3.8, 4) is 17.1 Å². The van der Waals surface area contributed by atoms with E-state index in [9.17, 15) is 4.79 Å². The van der Waals surface area contributed by atoms with Crippen LogP contribution in [0.1, 0.15) is 18.9 Å². The molecule has 4 rings (SSSR count). The van der Waals surface area contributed by atoms with Gasteiger partial charge in [-0.05, 0) is 19.1 Å². The fourth-order valence-corrected chi connectivity index (χ4v) is 3.61. The number of halogens is 1.